The third kappa shape index (κ3) is 3.71. The second-order valence-electron chi connectivity index (χ2n) is 3.83. The molecule has 0 fully saturated rings. The van der Waals surface area contributed by atoms with E-state index in [-0.39, 0.29) is 12.6 Å². The highest BCUT2D eigenvalue weighted by molar-refractivity contribution is 5.69. The van der Waals surface area contributed by atoms with Gasteiger partial charge >= 0.3 is 5.97 Å². The summed E-state index contributed by atoms with van der Waals surface area (Å²) in [5, 5.41) is 12.5. The Hall–Kier alpha value is -1.36. The van der Waals surface area contributed by atoms with Gasteiger partial charge in [-0.2, -0.15) is 0 Å². The van der Waals surface area contributed by atoms with Crippen molar-refractivity contribution in [3.8, 4) is 0 Å². The summed E-state index contributed by atoms with van der Waals surface area (Å²) in [6.07, 6.45) is 0. The molecule has 15 heavy (non-hydrogen) atoms. The van der Waals surface area contributed by atoms with Crippen LogP contribution in [0.5, 0.6) is 0 Å². The van der Waals surface area contributed by atoms with Gasteiger partial charge in [0.2, 0.25) is 0 Å². The molecule has 0 aromatic carbocycles. The van der Waals surface area contributed by atoms with Gasteiger partial charge in [0.25, 0.3) is 0 Å². The molecule has 1 rings (SSSR count). The maximum atomic E-state index is 10.6. The SMILES string of the molecule is Cc1cc(CN(CC(=O)O)C(C)C)on1. The third-order valence-electron chi connectivity index (χ3n) is 2.10. The number of carboxylic acids is 1. The number of carboxylic acid groups (broad SMARTS) is 1. The minimum absolute atomic E-state index is 0.0113. The maximum Gasteiger partial charge on any atom is 0.317 e. The molecular weight excluding hydrogens is 196 g/mol. The van der Waals surface area contributed by atoms with Crippen molar-refractivity contribution in [1.29, 1.82) is 0 Å². The van der Waals surface area contributed by atoms with Crippen LogP contribution in [0, 0.1) is 6.92 Å². The molecule has 0 aliphatic heterocycles. The Kier molecular flexibility index (Phi) is 3.85. The summed E-state index contributed by atoms with van der Waals surface area (Å²) >= 11 is 0. The first-order valence-corrected chi connectivity index (χ1v) is 4.87. The van der Waals surface area contributed by atoms with Crippen molar-refractivity contribution in [1.82, 2.24) is 10.1 Å². The molecule has 5 heteroatoms. The van der Waals surface area contributed by atoms with Gasteiger partial charge in [-0.05, 0) is 20.8 Å². The van der Waals surface area contributed by atoms with Crippen molar-refractivity contribution < 1.29 is 14.4 Å². The van der Waals surface area contributed by atoms with Crippen LogP contribution in [0.1, 0.15) is 25.3 Å². The van der Waals surface area contributed by atoms with Crippen LogP contribution in [0.2, 0.25) is 0 Å². The minimum Gasteiger partial charge on any atom is -0.480 e. The van der Waals surface area contributed by atoms with Crippen LogP contribution in [-0.4, -0.2) is 33.7 Å². The first-order chi connectivity index (χ1) is 6.99. The highest BCUT2D eigenvalue weighted by Crippen LogP contribution is 2.09. The van der Waals surface area contributed by atoms with E-state index in [1.54, 1.807) is 0 Å². The van der Waals surface area contributed by atoms with Crippen molar-refractivity contribution in [2.45, 2.75) is 33.4 Å². The summed E-state index contributed by atoms with van der Waals surface area (Å²) in [7, 11) is 0. The lowest BCUT2D eigenvalue weighted by Crippen LogP contribution is -2.34. The molecule has 0 amide bonds. The van der Waals surface area contributed by atoms with E-state index in [0.29, 0.717) is 12.3 Å². The van der Waals surface area contributed by atoms with Crippen molar-refractivity contribution in [2.24, 2.45) is 0 Å². The number of carbonyl (C=O) groups is 1. The van der Waals surface area contributed by atoms with Crippen molar-refractivity contribution >= 4 is 5.97 Å². The topological polar surface area (TPSA) is 66.6 Å². The monoisotopic (exact) mass is 212 g/mol. The van der Waals surface area contributed by atoms with Crippen LogP contribution in [0.3, 0.4) is 0 Å². The zero-order valence-corrected chi connectivity index (χ0v) is 9.23. The van der Waals surface area contributed by atoms with Gasteiger partial charge in [0, 0.05) is 12.1 Å². The number of aryl methyl sites for hydroxylation is 1. The highest BCUT2D eigenvalue weighted by atomic mass is 16.5. The lowest BCUT2D eigenvalue weighted by atomic mass is 10.3. The molecule has 1 heterocycles. The lowest BCUT2D eigenvalue weighted by Gasteiger charge is -2.22. The number of hydrogen-bond acceptors (Lipinski definition) is 4. The molecule has 0 saturated heterocycles. The first kappa shape index (κ1) is 11.7. The molecule has 1 N–H and O–H groups in total. The summed E-state index contributed by atoms with van der Waals surface area (Å²) in [6.45, 7) is 6.23. The summed E-state index contributed by atoms with van der Waals surface area (Å²) < 4.78 is 5.04. The predicted molar refractivity (Wildman–Crippen MR) is 54.4 cm³/mol. The van der Waals surface area contributed by atoms with E-state index in [2.05, 4.69) is 5.16 Å². The Morgan fingerprint density at radius 3 is 2.73 bits per heavy atom. The highest BCUT2D eigenvalue weighted by Gasteiger charge is 2.15. The predicted octanol–water partition coefficient (Wildman–Crippen LogP) is 1.28. The second kappa shape index (κ2) is 4.93. The average molecular weight is 212 g/mol. The Morgan fingerprint density at radius 2 is 2.33 bits per heavy atom. The van der Waals surface area contributed by atoms with Gasteiger partial charge in [-0.3, -0.25) is 9.69 Å². The number of aliphatic carboxylic acids is 1. The molecule has 0 radical (unpaired) electrons. The van der Waals surface area contributed by atoms with E-state index in [4.69, 9.17) is 9.63 Å². The van der Waals surface area contributed by atoms with Crippen molar-refractivity contribution in [3.05, 3.63) is 17.5 Å². The molecule has 84 valence electrons. The van der Waals surface area contributed by atoms with E-state index < -0.39 is 5.97 Å². The fourth-order valence-corrected chi connectivity index (χ4v) is 1.29. The van der Waals surface area contributed by atoms with Crippen LogP contribution in [0.4, 0.5) is 0 Å². The van der Waals surface area contributed by atoms with Gasteiger partial charge in [-0.15, -0.1) is 0 Å². The summed E-state index contributed by atoms with van der Waals surface area (Å²) in [5.74, 6) is -0.137. The number of rotatable bonds is 5. The molecule has 0 aliphatic rings. The van der Waals surface area contributed by atoms with Gasteiger partial charge in [0.1, 0.15) is 0 Å². The van der Waals surface area contributed by atoms with E-state index in [9.17, 15) is 4.79 Å². The number of nitrogens with zero attached hydrogens (tertiary/aromatic N) is 2. The zero-order chi connectivity index (χ0) is 11.4. The zero-order valence-electron chi connectivity index (χ0n) is 9.23. The molecule has 0 unspecified atom stereocenters. The molecule has 0 spiro atoms. The Labute approximate surface area is 88.7 Å². The fraction of sp³-hybridized carbons (Fsp3) is 0.600. The van der Waals surface area contributed by atoms with Crippen molar-refractivity contribution in [3.63, 3.8) is 0 Å². The fourth-order valence-electron chi connectivity index (χ4n) is 1.29. The van der Waals surface area contributed by atoms with Gasteiger partial charge < -0.3 is 9.63 Å². The van der Waals surface area contributed by atoms with Gasteiger partial charge in [-0.1, -0.05) is 5.16 Å². The van der Waals surface area contributed by atoms with Gasteiger partial charge in [0.05, 0.1) is 18.8 Å². The largest absolute Gasteiger partial charge is 0.480 e. The van der Waals surface area contributed by atoms with Gasteiger partial charge in [0.15, 0.2) is 5.76 Å². The molecule has 0 atom stereocenters. The van der Waals surface area contributed by atoms with Crippen LogP contribution >= 0.6 is 0 Å². The Balaban J connectivity index is 2.62. The molecule has 0 aliphatic carbocycles. The second-order valence-corrected chi connectivity index (χ2v) is 3.83. The van der Waals surface area contributed by atoms with E-state index in [1.807, 2.05) is 31.7 Å². The molecule has 1 aromatic rings. The normalized spacial score (nSPS) is 11.3. The van der Waals surface area contributed by atoms with E-state index in [1.165, 1.54) is 0 Å². The Morgan fingerprint density at radius 1 is 1.67 bits per heavy atom. The van der Waals surface area contributed by atoms with E-state index in [0.717, 1.165) is 5.69 Å². The molecule has 5 nitrogen and oxygen atoms in total. The van der Waals surface area contributed by atoms with Crippen LogP contribution in [0.25, 0.3) is 0 Å². The molecule has 0 bridgehead atoms. The van der Waals surface area contributed by atoms with E-state index >= 15 is 0 Å². The third-order valence-corrected chi connectivity index (χ3v) is 2.10. The maximum absolute atomic E-state index is 10.6. The average Bonchev–Trinajstić information content (AvgIpc) is 2.49. The van der Waals surface area contributed by atoms with Gasteiger partial charge in [-0.25, -0.2) is 0 Å². The summed E-state index contributed by atoms with van der Waals surface area (Å²) in [5.41, 5.74) is 0.809. The summed E-state index contributed by atoms with van der Waals surface area (Å²) in [4.78, 5) is 12.4. The van der Waals surface area contributed by atoms with Crippen LogP contribution in [0.15, 0.2) is 10.6 Å². The quantitative estimate of drug-likeness (QED) is 0.796. The smallest absolute Gasteiger partial charge is 0.317 e. The first-order valence-electron chi connectivity index (χ1n) is 4.87. The molecule has 1 aromatic heterocycles. The number of hydrogen-bond donors (Lipinski definition) is 1. The standard InChI is InChI=1S/C10H16N2O3/c1-7(2)12(6-10(13)14)5-9-4-8(3)11-15-9/h4,7H,5-6H2,1-3H3,(H,13,14). The van der Waals surface area contributed by atoms with Crippen LogP contribution in [-0.2, 0) is 11.3 Å². The summed E-state index contributed by atoms with van der Waals surface area (Å²) in [6, 6.07) is 1.98. The molecular formula is C10H16N2O3. The lowest BCUT2D eigenvalue weighted by molar-refractivity contribution is -0.139. The number of aromatic nitrogens is 1. The minimum atomic E-state index is -0.833. The van der Waals surface area contributed by atoms with Crippen molar-refractivity contribution in [2.75, 3.05) is 6.54 Å². The molecule has 0 saturated carbocycles. The van der Waals surface area contributed by atoms with Crippen LogP contribution < -0.4 is 0 Å². The Bertz CT molecular complexity index is 333.